The van der Waals surface area contributed by atoms with Crippen LogP contribution < -0.4 is 15.4 Å². The molecule has 0 radical (unpaired) electrons. The number of rotatable bonds is 11. The number of anilines is 3. The summed E-state index contributed by atoms with van der Waals surface area (Å²) in [6.07, 6.45) is 2.77. The number of esters is 1. The van der Waals surface area contributed by atoms with Gasteiger partial charge >= 0.3 is 5.97 Å². The SMILES string of the molecule is COC[C@H](C(=O)Nc1cccc2c(-c3nc(Nc4ccc(OCC(=O)OC)cc4)ncc3F)c[nH]c12)N1CCN(C)CC1. The van der Waals surface area contributed by atoms with Gasteiger partial charge in [0.25, 0.3) is 0 Å². The number of nitrogens with zero attached hydrogens (tertiary/aromatic N) is 4. The number of aromatic nitrogens is 3. The molecule has 1 saturated heterocycles. The summed E-state index contributed by atoms with van der Waals surface area (Å²) in [6.45, 7) is 3.36. The van der Waals surface area contributed by atoms with Crippen molar-refractivity contribution in [3.05, 3.63) is 60.7 Å². The second-order valence-electron chi connectivity index (χ2n) is 10.1. The average Bonchev–Trinajstić information content (AvgIpc) is 3.46. The Bertz CT molecular complexity index is 1570. The number of benzene rings is 2. The Morgan fingerprint density at radius 1 is 1.09 bits per heavy atom. The molecule has 0 aliphatic carbocycles. The lowest BCUT2D eigenvalue weighted by atomic mass is 10.1. The van der Waals surface area contributed by atoms with Crippen molar-refractivity contribution in [2.75, 3.05) is 71.3 Å². The molecule has 1 aliphatic heterocycles. The van der Waals surface area contributed by atoms with Crippen LogP contribution >= 0.6 is 0 Å². The van der Waals surface area contributed by atoms with Crippen molar-refractivity contribution < 1.29 is 28.2 Å². The van der Waals surface area contributed by atoms with Crippen LogP contribution in [-0.4, -0.2) is 103 Å². The summed E-state index contributed by atoms with van der Waals surface area (Å²) >= 11 is 0. The van der Waals surface area contributed by atoms with Crippen molar-refractivity contribution in [3.8, 4) is 17.0 Å². The van der Waals surface area contributed by atoms with Gasteiger partial charge in [0.1, 0.15) is 17.5 Å². The molecule has 43 heavy (non-hydrogen) atoms. The maximum absolute atomic E-state index is 15.1. The fourth-order valence-electron chi connectivity index (χ4n) is 4.89. The van der Waals surface area contributed by atoms with Crippen LogP contribution in [0.4, 0.5) is 21.7 Å². The van der Waals surface area contributed by atoms with Gasteiger partial charge in [-0.05, 0) is 37.4 Å². The summed E-state index contributed by atoms with van der Waals surface area (Å²) in [5, 5.41) is 6.79. The first-order chi connectivity index (χ1) is 20.9. The predicted octanol–water partition coefficient (Wildman–Crippen LogP) is 3.26. The fourth-order valence-corrected chi connectivity index (χ4v) is 4.89. The second-order valence-corrected chi connectivity index (χ2v) is 10.1. The molecule has 1 amide bonds. The zero-order valence-electron chi connectivity index (χ0n) is 24.2. The normalized spacial score (nSPS) is 14.8. The molecule has 5 rings (SSSR count). The van der Waals surface area contributed by atoms with Gasteiger partial charge < -0.3 is 34.7 Å². The van der Waals surface area contributed by atoms with Gasteiger partial charge in [0.15, 0.2) is 12.4 Å². The van der Waals surface area contributed by atoms with Gasteiger partial charge in [-0.15, -0.1) is 0 Å². The number of H-pyrrole nitrogens is 1. The molecule has 3 heterocycles. The molecule has 12 nitrogen and oxygen atoms in total. The van der Waals surface area contributed by atoms with Gasteiger partial charge in [-0.2, -0.15) is 0 Å². The number of ether oxygens (including phenoxy) is 3. The highest BCUT2D eigenvalue weighted by atomic mass is 19.1. The van der Waals surface area contributed by atoms with E-state index in [4.69, 9.17) is 9.47 Å². The zero-order valence-corrected chi connectivity index (χ0v) is 24.2. The maximum atomic E-state index is 15.1. The number of nitrogens with one attached hydrogen (secondary N) is 3. The van der Waals surface area contributed by atoms with Crippen LogP contribution in [0.5, 0.6) is 5.75 Å². The highest BCUT2D eigenvalue weighted by Crippen LogP contribution is 2.33. The number of halogens is 1. The molecule has 226 valence electrons. The van der Waals surface area contributed by atoms with Crippen LogP contribution in [0.3, 0.4) is 0 Å². The minimum absolute atomic E-state index is 0.0972. The number of methoxy groups -OCH3 is 2. The molecule has 0 saturated carbocycles. The molecule has 4 aromatic rings. The third-order valence-corrected chi connectivity index (χ3v) is 7.27. The van der Waals surface area contributed by atoms with Crippen LogP contribution in [0, 0.1) is 5.82 Å². The quantitative estimate of drug-likeness (QED) is 0.223. The summed E-state index contributed by atoms with van der Waals surface area (Å²) in [5.41, 5.74) is 2.48. The van der Waals surface area contributed by atoms with E-state index in [9.17, 15) is 9.59 Å². The van der Waals surface area contributed by atoms with E-state index >= 15 is 4.39 Å². The number of likely N-dealkylation sites (N-methyl/N-ethyl adjacent to an activating group) is 1. The van der Waals surface area contributed by atoms with E-state index in [1.807, 2.05) is 6.07 Å². The Kier molecular flexibility index (Phi) is 9.45. The van der Waals surface area contributed by atoms with E-state index in [2.05, 4.69) is 47.2 Å². The van der Waals surface area contributed by atoms with Gasteiger partial charge in [-0.25, -0.2) is 19.2 Å². The number of fused-ring (bicyclic) bond motifs is 1. The first kappa shape index (κ1) is 29.9. The molecule has 1 fully saturated rings. The van der Waals surface area contributed by atoms with Gasteiger partial charge in [0.2, 0.25) is 11.9 Å². The summed E-state index contributed by atoms with van der Waals surface area (Å²) in [6, 6.07) is 11.8. The molecule has 1 aliphatic rings. The average molecular weight is 592 g/mol. The van der Waals surface area contributed by atoms with E-state index < -0.39 is 17.8 Å². The number of amides is 1. The first-order valence-corrected chi connectivity index (χ1v) is 13.8. The molecule has 3 N–H and O–H groups in total. The Labute approximate surface area is 248 Å². The van der Waals surface area contributed by atoms with Gasteiger partial charge in [-0.3, -0.25) is 9.69 Å². The Balaban J connectivity index is 1.34. The summed E-state index contributed by atoms with van der Waals surface area (Å²) < 4.78 is 30.4. The summed E-state index contributed by atoms with van der Waals surface area (Å²) in [5.74, 6) is -0.579. The van der Waals surface area contributed by atoms with Crippen molar-refractivity contribution in [2.45, 2.75) is 6.04 Å². The van der Waals surface area contributed by atoms with Crippen molar-refractivity contribution in [2.24, 2.45) is 0 Å². The third-order valence-electron chi connectivity index (χ3n) is 7.27. The van der Waals surface area contributed by atoms with Gasteiger partial charge in [-0.1, -0.05) is 12.1 Å². The van der Waals surface area contributed by atoms with Crippen molar-refractivity contribution in [1.29, 1.82) is 0 Å². The molecule has 0 unspecified atom stereocenters. The highest BCUT2D eigenvalue weighted by Gasteiger charge is 2.29. The molecular weight excluding hydrogens is 557 g/mol. The number of hydrogen-bond acceptors (Lipinski definition) is 10. The molecular formula is C30H34FN7O5. The van der Waals surface area contributed by atoms with Crippen molar-refractivity contribution in [3.63, 3.8) is 0 Å². The number of aromatic amines is 1. The monoisotopic (exact) mass is 591 g/mol. The topological polar surface area (TPSA) is 134 Å². The van der Waals surface area contributed by atoms with Gasteiger partial charge in [0, 0.05) is 56.1 Å². The number of piperazine rings is 1. The third kappa shape index (κ3) is 7.08. The highest BCUT2D eigenvalue weighted by molar-refractivity contribution is 6.06. The standard InChI is InChI=1S/C30H34FN7O5/c1-37-11-13-38(14-12-37)25(17-41-2)29(40)35-24-6-4-5-21-22(15-32-28(21)24)27-23(31)16-33-30(36-27)34-19-7-9-20(10-8-19)43-18-26(39)42-3/h4-10,15-16,25,32H,11-14,17-18H2,1-3H3,(H,35,40)(H,33,34,36)/t25-/m1/s1. The van der Waals surface area contributed by atoms with E-state index in [0.29, 0.717) is 33.6 Å². The molecule has 13 heteroatoms. The predicted molar refractivity (Wildman–Crippen MR) is 160 cm³/mol. The van der Waals surface area contributed by atoms with Gasteiger partial charge in [0.05, 0.1) is 31.1 Å². The lowest BCUT2D eigenvalue weighted by Gasteiger charge is -2.36. The molecule has 2 aromatic carbocycles. The molecule has 0 spiro atoms. The Morgan fingerprint density at radius 2 is 1.86 bits per heavy atom. The number of hydrogen-bond donors (Lipinski definition) is 3. The van der Waals surface area contributed by atoms with E-state index in [1.54, 1.807) is 49.7 Å². The van der Waals surface area contributed by atoms with E-state index in [0.717, 1.165) is 32.4 Å². The summed E-state index contributed by atoms with van der Waals surface area (Å²) in [4.78, 5) is 40.7. The first-order valence-electron chi connectivity index (χ1n) is 13.8. The Morgan fingerprint density at radius 3 is 2.58 bits per heavy atom. The van der Waals surface area contributed by atoms with E-state index in [-0.39, 0.29) is 30.8 Å². The number of para-hydroxylation sites is 1. The van der Waals surface area contributed by atoms with Crippen LogP contribution in [0.15, 0.2) is 54.9 Å². The summed E-state index contributed by atoms with van der Waals surface area (Å²) in [7, 11) is 4.94. The number of carbonyl (C=O) groups is 2. The zero-order chi connectivity index (χ0) is 30.3. The smallest absolute Gasteiger partial charge is 0.343 e. The van der Waals surface area contributed by atoms with Crippen molar-refractivity contribution in [1.82, 2.24) is 24.8 Å². The largest absolute Gasteiger partial charge is 0.482 e. The van der Waals surface area contributed by atoms with Crippen molar-refractivity contribution >= 4 is 40.1 Å². The van der Waals surface area contributed by atoms with E-state index in [1.165, 1.54) is 7.11 Å². The molecule has 1 atom stereocenters. The minimum Gasteiger partial charge on any atom is -0.482 e. The van der Waals surface area contributed by atoms with Crippen LogP contribution in [0.25, 0.3) is 22.2 Å². The fraction of sp³-hybridized carbons (Fsp3) is 0.333. The second kappa shape index (κ2) is 13.6. The number of carbonyl (C=O) groups excluding carboxylic acids is 2. The van der Waals surface area contributed by atoms with Crippen LogP contribution in [0.2, 0.25) is 0 Å². The Hall–Kier alpha value is -4.59. The minimum atomic E-state index is -0.595. The molecule has 0 bridgehead atoms. The lowest BCUT2D eigenvalue weighted by Crippen LogP contribution is -2.54. The molecule has 2 aromatic heterocycles. The lowest BCUT2D eigenvalue weighted by molar-refractivity contribution is -0.142. The van der Waals surface area contributed by atoms with Crippen LogP contribution in [0.1, 0.15) is 0 Å². The maximum Gasteiger partial charge on any atom is 0.343 e. The van der Waals surface area contributed by atoms with Crippen LogP contribution in [-0.2, 0) is 19.1 Å².